The topological polar surface area (TPSA) is 84.3 Å². The van der Waals surface area contributed by atoms with Crippen molar-refractivity contribution < 1.29 is 14.1 Å². The van der Waals surface area contributed by atoms with E-state index in [0.717, 1.165) is 44.1 Å². The molecule has 0 saturated carbocycles. The van der Waals surface area contributed by atoms with Gasteiger partial charge < -0.3 is 10.6 Å². The lowest BCUT2D eigenvalue weighted by Crippen LogP contribution is -2.45. The number of carbonyl (C=O) groups excluding carboxylic acids is 1. The molecule has 1 saturated heterocycles. The summed E-state index contributed by atoms with van der Waals surface area (Å²) in [7, 11) is 0. The fraction of sp³-hybridized carbons (Fsp3) is 0.500. The summed E-state index contributed by atoms with van der Waals surface area (Å²) in [5.41, 5.74) is -0.507. The molecule has 1 aliphatic rings. The van der Waals surface area contributed by atoms with Crippen molar-refractivity contribution in [3.05, 3.63) is 39.7 Å². The van der Waals surface area contributed by atoms with Crippen molar-refractivity contribution in [1.29, 1.82) is 0 Å². The lowest BCUT2D eigenvalue weighted by atomic mass is 9.83. The molecule has 0 bridgehead atoms. The van der Waals surface area contributed by atoms with E-state index >= 15 is 0 Å². The Morgan fingerprint density at radius 1 is 1.52 bits per heavy atom. The number of hydrogen-bond acceptors (Lipinski definition) is 4. The molecule has 0 spiro atoms. The maximum Gasteiger partial charge on any atom is 0.273 e. The van der Waals surface area contributed by atoms with Gasteiger partial charge in [0.1, 0.15) is 5.82 Å². The summed E-state index contributed by atoms with van der Waals surface area (Å²) >= 11 is 0. The van der Waals surface area contributed by atoms with Gasteiger partial charge in [0.2, 0.25) is 0 Å². The highest BCUT2D eigenvalue weighted by Crippen LogP contribution is 2.24. The first-order valence-electron chi connectivity index (χ1n) is 6.84. The molecule has 114 valence electrons. The van der Waals surface area contributed by atoms with Crippen LogP contribution in [0.25, 0.3) is 0 Å². The normalized spacial score (nSPS) is 21.8. The van der Waals surface area contributed by atoms with Gasteiger partial charge in [-0.25, -0.2) is 4.39 Å². The minimum absolute atomic E-state index is 0.0333. The lowest BCUT2D eigenvalue weighted by Gasteiger charge is -2.34. The lowest BCUT2D eigenvalue weighted by molar-refractivity contribution is -0.385. The number of non-ortho nitro benzene ring substituents is 1. The molecule has 1 aromatic rings. The number of hydrogen-bond donors (Lipinski definition) is 2. The summed E-state index contributed by atoms with van der Waals surface area (Å²) in [6.07, 6.45) is 2.03. The maximum atomic E-state index is 13.3. The maximum absolute atomic E-state index is 13.3. The average Bonchev–Trinajstić information content (AvgIpc) is 2.45. The molecule has 1 fully saturated rings. The van der Waals surface area contributed by atoms with E-state index < -0.39 is 22.3 Å². The summed E-state index contributed by atoms with van der Waals surface area (Å²) in [6, 6.07) is 2.88. The molecular formula is C14H18FN3O3. The van der Waals surface area contributed by atoms with Crippen LogP contribution in [0.5, 0.6) is 0 Å². The highest BCUT2D eigenvalue weighted by molar-refractivity contribution is 5.94. The number of carbonyl (C=O) groups is 1. The number of nitro groups is 1. The van der Waals surface area contributed by atoms with Gasteiger partial charge in [-0.15, -0.1) is 0 Å². The number of amides is 1. The van der Waals surface area contributed by atoms with Crippen LogP contribution in [0.4, 0.5) is 10.1 Å². The van der Waals surface area contributed by atoms with Crippen molar-refractivity contribution in [2.45, 2.75) is 19.8 Å². The Hall–Kier alpha value is -2.02. The minimum Gasteiger partial charge on any atom is -0.351 e. The smallest absolute Gasteiger partial charge is 0.273 e. The molecule has 2 rings (SSSR count). The van der Waals surface area contributed by atoms with Crippen LogP contribution < -0.4 is 10.6 Å². The van der Waals surface area contributed by atoms with Gasteiger partial charge in [-0.05, 0) is 30.9 Å². The van der Waals surface area contributed by atoms with Crippen LogP contribution in [0.3, 0.4) is 0 Å². The van der Waals surface area contributed by atoms with Crippen LogP contribution in [-0.2, 0) is 0 Å². The third kappa shape index (κ3) is 3.98. The van der Waals surface area contributed by atoms with Gasteiger partial charge in [0.15, 0.2) is 0 Å². The Kier molecular flexibility index (Phi) is 4.52. The van der Waals surface area contributed by atoms with Gasteiger partial charge >= 0.3 is 0 Å². The first-order valence-corrected chi connectivity index (χ1v) is 6.84. The summed E-state index contributed by atoms with van der Waals surface area (Å²) in [4.78, 5) is 22.0. The van der Waals surface area contributed by atoms with Crippen LogP contribution in [0.15, 0.2) is 18.2 Å². The highest BCUT2D eigenvalue weighted by atomic mass is 19.1. The molecule has 0 aromatic heterocycles. The quantitative estimate of drug-likeness (QED) is 0.656. The molecule has 1 unspecified atom stereocenters. The van der Waals surface area contributed by atoms with Gasteiger partial charge in [0, 0.05) is 24.7 Å². The van der Waals surface area contributed by atoms with E-state index in [1.54, 1.807) is 0 Å². The molecule has 2 N–H and O–H groups in total. The number of piperidine rings is 1. The van der Waals surface area contributed by atoms with Crippen molar-refractivity contribution in [1.82, 2.24) is 10.6 Å². The Morgan fingerprint density at radius 3 is 2.90 bits per heavy atom. The van der Waals surface area contributed by atoms with E-state index in [2.05, 4.69) is 17.6 Å². The minimum atomic E-state index is -0.792. The molecule has 21 heavy (non-hydrogen) atoms. The zero-order valence-electron chi connectivity index (χ0n) is 11.8. The molecule has 1 heterocycles. The second-order valence-corrected chi connectivity index (χ2v) is 5.73. The number of rotatable bonds is 4. The molecule has 0 radical (unpaired) electrons. The van der Waals surface area contributed by atoms with Crippen LogP contribution in [-0.4, -0.2) is 30.5 Å². The fourth-order valence-electron chi connectivity index (χ4n) is 2.48. The van der Waals surface area contributed by atoms with Gasteiger partial charge in [-0.2, -0.15) is 0 Å². The van der Waals surface area contributed by atoms with E-state index in [1.807, 2.05) is 0 Å². The summed E-state index contributed by atoms with van der Waals surface area (Å²) in [5, 5.41) is 16.7. The number of benzene rings is 1. The van der Waals surface area contributed by atoms with Crippen molar-refractivity contribution in [3.8, 4) is 0 Å². The first kappa shape index (κ1) is 15.4. The Labute approximate surface area is 121 Å². The standard InChI is InChI=1S/C14H18FN3O3/c1-14(3-2-4-16-8-14)9-17-13(19)10-5-11(15)7-12(6-10)18(20)21/h5-7,16H,2-4,8-9H2,1H3,(H,17,19). The third-order valence-corrected chi connectivity index (χ3v) is 3.72. The highest BCUT2D eigenvalue weighted by Gasteiger charge is 2.27. The van der Waals surface area contributed by atoms with Crippen LogP contribution in [0, 0.1) is 21.3 Å². The predicted molar refractivity (Wildman–Crippen MR) is 75.6 cm³/mol. The summed E-state index contributed by atoms with van der Waals surface area (Å²) < 4.78 is 13.3. The Bertz CT molecular complexity index is 556. The van der Waals surface area contributed by atoms with Crippen molar-refractivity contribution in [2.75, 3.05) is 19.6 Å². The van der Waals surface area contributed by atoms with E-state index in [4.69, 9.17) is 0 Å². The molecule has 7 heteroatoms. The second-order valence-electron chi connectivity index (χ2n) is 5.73. The van der Waals surface area contributed by atoms with Gasteiger partial charge in [0.05, 0.1) is 11.0 Å². The number of nitro benzene ring substituents is 1. The monoisotopic (exact) mass is 295 g/mol. The average molecular weight is 295 g/mol. The largest absolute Gasteiger partial charge is 0.351 e. The van der Waals surface area contributed by atoms with Gasteiger partial charge in [-0.3, -0.25) is 14.9 Å². The van der Waals surface area contributed by atoms with E-state index in [-0.39, 0.29) is 11.0 Å². The molecule has 1 aromatic carbocycles. The van der Waals surface area contributed by atoms with E-state index in [9.17, 15) is 19.3 Å². The van der Waals surface area contributed by atoms with Crippen LogP contribution in [0.1, 0.15) is 30.1 Å². The Morgan fingerprint density at radius 2 is 2.29 bits per heavy atom. The Balaban J connectivity index is 2.04. The molecule has 1 atom stereocenters. The number of halogens is 1. The second kappa shape index (κ2) is 6.17. The van der Waals surface area contributed by atoms with E-state index in [1.165, 1.54) is 0 Å². The number of nitrogens with one attached hydrogen (secondary N) is 2. The molecule has 0 aliphatic carbocycles. The van der Waals surface area contributed by atoms with Crippen molar-refractivity contribution in [2.24, 2.45) is 5.41 Å². The van der Waals surface area contributed by atoms with Crippen molar-refractivity contribution in [3.63, 3.8) is 0 Å². The first-order chi connectivity index (χ1) is 9.89. The van der Waals surface area contributed by atoms with Gasteiger partial charge in [0.25, 0.3) is 11.6 Å². The van der Waals surface area contributed by atoms with Crippen LogP contribution >= 0.6 is 0 Å². The fourth-order valence-corrected chi connectivity index (χ4v) is 2.48. The summed E-state index contributed by atoms with van der Waals surface area (Å²) in [6.45, 7) is 4.28. The molecular weight excluding hydrogens is 277 g/mol. The van der Waals surface area contributed by atoms with Gasteiger partial charge in [-0.1, -0.05) is 6.92 Å². The molecule has 1 aliphatic heterocycles. The number of nitrogens with zero attached hydrogens (tertiary/aromatic N) is 1. The molecule has 1 amide bonds. The summed E-state index contributed by atoms with van der Waals surface area (Å²) in [5.74, 6) is -1.29. The SMILES string of the molecule is CC1(CNC(=O)c2cc(F)cc([N+](=O)[O-])c2)CCCNC1. The zero-order chi connectivity index (χ0) is 15.5. The third-order valence-electron chi connectivity index (χ3n) is 3.72. The predicted octanol–water partition coefficient (Wildman–Crippen LogP) is 1.85. The molecule has 6 nitrogen and oxygen atoms in total. The van der Waals surface area contributed by atoms with Crippen LogP contribution in [0.2, 0.25) is 0 Å². The van der Waals surface area contributed by atoms with E-state index in [0.29, 0.717) is 6.54 Å². The zero-order valence-corrected chi connectivity index (χ0v) is 11.8. The van der Waals surface area contributed by atoms with Crippen molar-refractivity contribution >= 4 is 11.6 Å².